The summed E-state index contributed by atoms with van der Waals surface area (Å²) in [6.07, 6.45) is 8.62. The SMILES string of the molecule is O=[N+]([O-])O.O=[N+]([O-])O.O=[N+]([O-])O.O=[N+]([O-])O.[CH3-].[Cl][Pt].[Cl][Pt].[NH-]CCCCCC[NH-].[NH-]CCCCCC[NH-].[NH2-].[NH2-].[NH2-].[NH2-].[NH2-].[Pt+4]. The van der Waals surface area contributed by atoms with Gasteiger partial charge in [0.05, 0.1) is 0 Å². The monoisotopic (exact) mass is 1230 g/mol. The summed E-state index contributed by atoms with van der Waals surface area (Å²) in [5.41, 5.74) is 27.2. The Labute approximate surface area is 296 Å². The van der Waals surface area contributed by atoms with Crippen LogP contribution in [0.2, 0.25) is 0 Å². The van der Waals surface area contributed by atoms with E-state index in [0.717, 1.165) is 51.4 Å². The molecule has 0 heterocycles. The predicted molar refractivity (Wildman–Crippen MR) is 153 cm³/mol. The summed E-state index contributed by atoms with van der Waals surface area (Å²) in [7, 11) is 9.22. The van der Waals surface area contributed by atoms with Gasteiger partial charge in [-0.3, -0.25) is 0 Å². The van der Waals surface area contributed by atoms with Crippen molar-refractivity contribution < 1.29 is 99.8 Å². The zero-order chi connectivity index (χ0) is 30.8. The normalized spacial score (nSPS) is 6.19. The van der Waals surface area contributed by atoms with Crippen molar-refractivity contribution in [3.8, 4) is 0 Å². The Morgan fingerprint density at radius 2 is 0.512 bits per heavy atom. The molecule has 0 aromatic carbocycles. The van der Waals surface area contributed by atoms with Crippen molar-refractivity contribution in [3.05, 3.63) is 102 Å². The van der Waals surface area contributed by atoms with Crippen LogP contribution in [0.3, 0.4) is 0 Å². The third-order valence-corrected chi connectivity index (χ3v) is 2.21. The van der Waals surface area contributed by atoms with E-state index in [9.17, 15) is 0 Å². The van der Waals surface area contributed by atoms with Gasteiger partial charge in [-0.1, -0.05) is 51.4 Å². The van der Waals surface area contributed by atoms with Crippen molar-refractivity contribution in [2.75, 3.05) is 26.2 Å². The second-order valence-corrected chi connectivity index (χ2v) is 4.78. The first kappa shape index (κ1) is 96.8. The van der Waals surface area contributed by atoms with E-state index >= 15 is 0 Å². The van der Waals surface area contributed by atoms with Gasteiger partial charge in [0, 0.05) is 0 Å². The number of halogens is 2. The fourth-order valence-electron chi connectivity index (χ4n) is 1.21. The van der Waals surface area contributed by atoms with Gasteiger partial charge in [0.2, 0.25) is 0 Å². The molecule has 0 aromatic rings. The molecule has 0 bridgehead atoms. The van der Waals surface area contributed by atoms with E-state index in [0.29, 0.717) is 26.2 Å². The van der Waals surface area contributed by atoms with Gasteiger partial charge in [-0.2, -0.15) is 26.2 Å². The molecule has 0 amide bonds. The second kappa shape index (κ2) is 124. The molecule has 0 aliphatic rings. The molecule has 0 spiro atoms. The van der Waals surface area contributed by atoms with Gasteiger partial charge in [-0.15, -0.1) is 40.5 Å². The minimum absolute atomic E-state index is 0. The molecule has 0 radical (unpaired) electrons. The number of rotatable bonds is 10. The molecule has 0 saturated carbocycles. The van der Waals surface area contributed by atoms with E-state index in [1.165, 1.54) is 0 Å². The molecular weight excluding hydrogens is 1190 g/mol. The van der Waals surface area contributed by atoms with Crippen LogP contribution in [-0.2, 0) is 58.6 Å². The maximum atomic E-state index is 8.36. The molecule has 0 rings (SSSR count). The number of unbranched alkanes of at least 4 members (excludes halogenated alkanes) is 6. The Bertz CT molecular complexity index is 356. The van der Waals surface area contributed by atoms with Gasteiger partial charge in [0.1, 0.15) is 0 Å². The first-order valence-corrected chi connectivity index (χ1v) is 14.5. The first-order valence-electron chi connectivity index (χ1n) is 8.91. The van der Waals surface area contributed by atoms with E-state index < -0.39 is 20.3 Å². The molecule has 18 N–H and O–H groups in total. The number of nitrogens with two attached hydrogens (primary N) is 5. The summed E-state index contributed by atoms with van der Waals surface area (Å²) in [5.74, 6) is 0. The summed E-state index contributed by atoms with van der Waals surface area (Å²) in [6.45, 7) is 2.21. The average molecular weight is 1230 g/mol. The Morgan fingerprint density at radius 1 is 0.442 bits per heavy atom. The van der Waals surface area contributed by atoms with Gasteiger partial charge < -0.3 is 81.9 Å². The minimum Gasteiger partial charge on any atom is -0.693 e. The molecule has 25 nitrogen and oxygen atoms in total. The van der Waals surface area contributed by atoms with Crippen molar-refractivity contribution in [1.29, 1.82) is 0 Å². The molecule has 43 heavy (non-hydrogen) atoms. The van der Waals surface area contributed by atoms with Gasteiger partial charge in [-0.25, -0.2) is 0 Å². The topological polar surface area (TPSA) is 516 Å². The van der Waals surface area contributed by atoms with Crippen LogP contribution in [0.25, 0.3) is 53.7 Å². The van der Waals surface area contributed by atoms with Crippen LogP contribution >= 0.6 is 18.8 Å². The van der Waals surface area contributed by atoms with Crippen molar-refractivity contribution in [2.24, 2.45) is 0 Å². The number of nitrogens with one attached hydrogen (secondary N) is 4. The van der Waals surface area contributed by atoms with E-state index in [-0.39, 0.29) is 59.2 Å². The second-order valence-electron chi connectivity index (χ2n) is 4.78. The minimum atomic E-state index is -1.50. The fraction of sp³-hybridized carbons (Fsp3) is 0.923. The van der Waals surface area contributed by atoms with Gasteiger partial charge in [0.15, 0.2) is 0 Å². The standard InChI is InChI=1S/2C6H14N2.CH3.2ClH.4HNO3.5H2N.3Pt/c2*7-5-3-1-2-4-6-8;;;;4*2-1(3)4;;;;;;;;/h2*7-8H,1-6H2;1H3;2*1H;4*(H,2,3,4);5*1H2;;;/q2*-2;-1;;;;;;;5*-1;2*+1;+4/p-2. The van der Waals surface area contributed by atoms with Crippen LogP contribution in [0.4, 0.5) is 0 Å². The van der Waals surface area contributed by atoms with E-state index in [1.54, 1.807) is 37.5 Å². The summed E-state index contributed by atoms with van der Waals surface area (Å²) in [6, 6.07) is 0. The Hall–Kier alpha value is -0.915. The number of hydrogen-bond acceptors (Lipinski definition) is 8. The molecular formula is C13H45Cl2N13O12Pt3-6. The van der Waals surface area contributed by atoms with Gasteiger partial charge >= 0.3 is 77.4 Å². The van der Waals surface area contributed by atoms with Crippen molar-refractivity contribution in [2.45, 2.75) is 51.4 Å². The van der Waals surface area contributed by atoms with Crippen LogP contribution in [0.5, 0.6) is 0 Å². The summed E-state index contributed by atoms with van der Waals surface area (Å²) < 4.78 is 0. The quantitative estimate of drug-likeness (QED) is 0.0688. The summed E-state index contributed by atoms with van der Waals surface area (Å²) in [4.78, 5) is 33.4. The molecule has 0 saturated heterocycles. The van der Waals surface area contributed by atoms with Crippen LogP contribution in [0, 0.1) is 47.9 Å². The Kier molecular flexibility index (Phi) is 279. The molecule has 0 aromatic heterocycles. The van der Waals surface area contributed by atoms with Crippen molar-refractivity contribution in [1.82, 2.24) is 0 Å². The van der Waals surface area contributed by atoms with Crippen LogP contribution in [0.15, 0.2) is 0 Å². The van der Waals surface area contributed by atoms with Crippen LogP contribution < -0.4 is 0 Å². The average Bonchev–Trinajstić information content (AvgIpc) is 2.76. The maximum absolute atomic E-state index is 8.36. The summed E-state index contributed by atoms with van der Waals surface area (Å²) >= 11 is 3.22. The van der Waals surface area contributed by atoms with Gasteiger partial charge in [0.25, 0.3) is 20.3 Å². The molecule has 0 aliphatic heterocycles. The van der Waals surface area contributed by atoms with Crippen LogP contribution in [0.1, 0.15) is 51.4 Å². The Morgan fingerprint density at radius 3 is 0.558 bits per heavy atom. The van der Waals surface area contributed by atoms with Crippen LogP contribution in [-0.4, -0.2) is 67.4 Å². The Balaban J connectivity index is -0.0000000163. The zero-order valence-electron chi connectivity index (χ0n) is 22.9. The smallest absolute Gasteiger partial charge is 0.693 e. The first-order chi connectivity index (χ1) is 16.8. The third-order valence-electron chi connectivity index (χ3n) is 2.21. The molecule has 30 heteroatoms. The fourth-order valence-corrected chi connectivity index (χ4v) is 1.21. The van der Waals surface area contributed by atoms with E-state index in [4.69, 9.17) is 84.2 Å². The molecule has 284 valence electrons. The van der Waals surface area contributed by atoms with E-state index in [2.05, 4.69) is 18.8 Å². The van der Waals surface area contributed by atoms with E-state index in [1.807, 2.05) is 0 Å². The molecule has 0 unspecified atom stereocenters. The largest absolute Gasteiger partial charge is 4.00 e. The predicted octanol–water partition coefficient (Wildman–Crippen LogP) is 9.32. The van der Waals surface area contributed by atoms with Crippen molar-refractivity contribution in [3.63, 3.8) is 0 Å². The third kappa shape index (κ3) is 760. The molecule has 0 fully saturated rings. The number of hydrogen-bond donors (Lipinski definition) is 4. The van der Waals surface area contributed by atoms with Crippen molar-refractivity contribution >= 4 is 18.8 Å². The summed E-state index contributed by atoms with van der Waals surface area (Å²) in [5, 5.41) is 54.6. The molecule has 0 atom stereocenters. The van der Waals surface area contributed by atoms with Gasteiger partial charge in [-0.05, 0) is 0 Å². The zero-order valence-corrected chi connectivity index (χ0v) is 31.2. The molecule has 0 aliphatic carbocycles. The maximum Gasteiger partial charge on any atom is 4.00 e. The number of nitrogens with zero attached hydrogens (tertiary/aromatic N) is 4.